The minimum atomic E-state index is -0.421. The van der Waals surface area contributed by atoms with Crippen LogP contribution in [0.25, 0.3) is 10.9 Å². The number of para-hydroxylation sites is 1. The zero-order valence-corrected chi connectivity index (χ0v) is 20.8. The molecule has 2 fully saturated rings. The number of amides is 2. The molecule has 1 aliphatic heterocycles. The monoisotopic (exact) mass is 454 g/mol. The highest BCUT2D eigenvalue weighted by atomic mass is 16.2. The van der Waals surface area contributed by atoms with Gasteiger partial charge < -0.3 is 4.98 Å². The Hall–Kier alpha value is -2.88. The zero-order valence-electron chi connectivity index (χ0n) is 20.8. The van der Waals surface area contributed by atoms with Crippen molar-refractivity contribution >= 4 is 28.4 Å². The standard InChI is InChI=1S/C30H34N2O2/c1-16-9-8-12-23(17(16)2)32-28(33)25-21-15-18(30(3,4)5)13-14-19(21)24-20-10-6-7-11-22(20)31-27(24)26(25)29(32)34/h6-12,18-19,21,25-26,31H,13-15H2,1-5H3/t18-,19-,21-,25-,26-/m0/s1. The number of imide groups is 1. The van der Waals surface area contributed by atoms with Gasteiger partial charge in [-0.1, -0.05) is 51.1 Å². The largest absolute Gasteiger partial charge is 0.357 e. The molecule has 176 valence electrons. The Morgan fingerprint density at radius 3 is 2.47 bits per heavy atom. The van der Waals surface area contributed by atoms with E-state index in [4.69, 9.17) is 0 Å². The van der Waals surface area contributed by atoms with Crippen LogP contribution in [0, 0.1) is 37.0 Å². The van der Waals surface area contributed by atoms with Crippen LogP contribution in [0.15, 0.2) is 42.5 Å². The molecule has 1 saturated heterocycles. The molecule has 0 radical (unpaired) electrons. The molecule has 5 atom stereocenters. The fourth-order valence-electron chi connectivity index (χ4n) is 7.22. The molecule has 2 aromatic carbocycles. The number of rotatable bonds is 1. The Balaban J connectivity index is 1.54. The Kier molecular flexibility index (Phi) is 4.65. The Morgan fingerprint density at radius 1 is 0.941 bits per heavy atom. The summed E-state index contributed by atoms with van der Waals surface area (Å²) in [5.41, 5.74) is 6.43. The molecule has 1 N–H and O–H groups in total. The van der Waals surface area contributed by atoms with Gasteiger partial charge in [0.25, 0.3) is 0 Å². The maximum Gasteiger partial charge on any atom is 0.243 e. The zero-order chi connectivity index (χ0) is 23.9. The average molecular weight is 455 g/mol. The number of nitrogens with zero attached hydrogens (tertiary/aromatic N) is 1. The van der Waals surface area contributed by atoms with Crippen LogP contribution in [-0.2, 0) is 9.59 Å². The minimum Gasteiger partial charge on any atom is -0.357 e. The molecule has 1 saturated carbocycles. The quantitative estimate of drug-likeness (QED) is 0.420. The van der Waals surface area contributed by atoms with Gasteiger partial charge in [0.05, 0.1) is 17.5 Å². The fourth-order valence-corrected chi connectivity index (χ4v) is 7.22. The van der Waals surface area contributed by atoms with Gasteiger partial charge in [0.1, 0.15) is 0 Å². The van der Waals surface area contributed by atoms with E-state index < -0.39 is 5.92 Å². The van der Waals surface area contributed by atoms with Crippen LogP contribution in [-0.4, -0.2) is 16.8 Å². The highest BCUT2D eigenvalue weighted by molar-refractivity contribution is 6.24. The second-order valence-electron chi connectivity index (χ2n) is 11.9. The lowest BCUT2D eigenvalue weighted by Gasteiger charge is -2.47. The predicted octanol–water partition coefficient (Wildman–Crippen LogP) is 6.62. The molecule has 4 heteroatoms. The number of aromatic nitrogens is 1. The number of aryl methyl sites for hydroxylation is 1. The number of anilines is 1. The van der Waals surface area contributed by atoms with Gasteiger partial charge in [0.2, 0.25) is 11.8 Å². The lowest BCUT2D eigenvalue weighted by atomic mass is 9.56. The van der Waals surface area contributed by atoms with Crippen LogP contribution in [0.1, 0.15) is 74.3 Å². The molecule has 2 amide bonds. The molecule has 34 heavy (non-hydrogen) atoms. The highest BCUT2D eigenvalue weighted by Crippen LogP contribution is 2.60. The van der Waals surface area contributed by atoms with E-state index >= 15 is 0 Å². The van der Waals surface area contributed by atoms with E-state index in [9.17, 15) is 9.59 Å². The molecule has 2 heterocycles. The van der Waals surface area contributed by atoms with E-state index in [0.717, 1.165) is 40.9 Å². The van der Waals surface area contributed by atoms with Gasteiger partial charge >= 0.3 is 0 Å². The number of hydrogen-bond donors (Lipinski definition) is 1. The molecule has 6 rings (SSSR count). The minimum absolute atomic E-state index is 0.00225. The number of hydrogen-bond acceptors (Lipinski definition) is 2. The van der Waals surface area contributed by atoms with Gasteiger partial charge in [-0.3, -0.25) is 9.59 Å². The number of H-pyrrole nitrogens is 1. The van der Waals surface area contributed by atoms with Crippen LogP contribution in [0.2, 0.25) is 0 Å². The van der Waals surface area contributed by atoms with Crippen molar-refractivity contribution in [2.24, 2.45) is 23.2 Å². The summed E-state index contributed by atoms with van der Waals surface area (Å²) in [5, 5.41) is 1.23. The third-order valence-corrected chi connectivity index (χ3v) is 9.21. The Labute approximate surface area is 201 Å². The van der Waals surface area contributed by atoms with Gasteiger partial charge in [-0.15, -0.1) is 0 Å². The van der Waals surface area contributed by atoms with Gasteiger partial charge in [-0.25, -0.2) is 4.90 Å². The molecule has 0 unspecified atom stereocenters. The maximum atomic E-state index is 14.1. The van der Waals surface area contributed by atoms with Gasteiger partial charge in [-0.05, 0) is 85.1 Å². The topological polar surface area (TPSA) is 53.2 Å². The molecule has 3 aliphatic rings. The Bertz CT molecular complexity index is 1330. The first kappa shape index (κ1) is 21.6. The number of aromatic amines is 1. The summed E-state index contributed by atoms with van der Waals surface area (Å²) in [5.74, 6) is 0.296. The smallest absolute Gasteiger partial charge is 0.243 e. The summed E-state index contributed by atoms with van der Waals surface area (Å²) in [4.78, 5) is 33.4. The third-order valence-electron chi connectivity index (χ3n) is 9.21. The van der Waals surface area contributed by atoms with Crippen molar-refractivity contribution in [1.82, 2.24) is 4.98 Å². The van der Waals surface area contributed by atoms with Gasteiger partial charge in [0, 0.05) is 16.6 Å². The summed E-state index contributed by atoms with van der Waals surface area (Å²) in [6.45, 7) is 11.0. The molecule has 3 aromatic rings. The fraction of sp³-hybridized carbons (Fsp3) is 0.467. The second-order valence-corrected chi connectivity index (χ2v) is 11.9. The molecule has 4 nitrogen and oxygen atoms in total. The molecule has 1 aromatic heterocycles. The molecular formula is C30H34N2O2. The number of nitrogens with one attached hydrogen (secondary N) is 1. The van der Waals surface area contributed by atoms with Crippen molar-refractivity contribution < 1.29 is 9.59 Å². The number of carbonyl (C=O) groups is 2. The number of benzene rings is 2. The van der Waals surface area contributed by atoms with E-state index in [1.54, 1.807) is 0 Å². The van der Waals surface area contributed by atoms with Crippen molar-refractivity contribution in [3.63, 3.8) is 0 Å². The summed E-state index contributed by atoms with van der Waals surface area (Å²) in [6, 6.07) is 14.3. The Morgan fingerprint density at radius 2 is 1.71 bits per heavy atom. The SMILES string of the molecule is Cc1cccc(N2C(=O)[C@H]3[C@H]4C[C@@H](C(C)(C)C)CC[C@@H]4c4c([nH]c5ccccc45)[C@H]3C2=O)c1C. The molecule has 0 bridgehead atoms. The number of fused-ring (bicyclic) bond motifs is 8. The van der Waals surface area contributed by atoms with Crippen molar-refractivity contribution in [1.29, 1.82) is 0 Å². The third kappa shape index (κ3) is 2.90. The lowest BCUT2D eigenvalue weighted by molar-refractivity contribution is -0.123. The van der Waals surface area contributed by atoms with Crippen LogP contribution in [0.5, 0.6) is 0 Å². The lowest BCUT2D eigenvalue weighted by Crippen LogP contribution is -2.41. The van der Waals surface area contributed by atoms with Crippen LogP contribution in [0.4, 0.5) is 5.69 Å². The van der Waals surface area contributed by atoms with E-state index in [1.165, 1.54) is 22.3 Å². The van der Waals surface area contributed by atoms with Gasteiger partial charge in [-0.2, -0.15) is 0 Å². The van der Waals surface area contributed by atoms with Crippen molar-refractivity contribution in [2.45, 2.75) is 65.7 Å². The van der Waals surface area contributed by atoms with E-state index in [0.29, 0.717) is 11.8 Å². The van der Waals surface area contributed by atoms with Crippen molar-refractivity contribution in [2.75, 3.05) is 4.90 Å². The van der Waals surface area contributed by atoms with E-state index in [-0.39, 0.29) is 29.1 Å². The normalized spacial score (nSPS) is 28.7. The first-order valence-corrected chi connectivity index (χ1v) is 12.7. The van der Waals surface area contributed by atoms with E-state index in [2.05, 4.69) is 44.0 Å². The highest BCUT2D eigenvalue weighted by Gasteiger charge is 2.59. The predicted molar refractivity (Wildman–Crippen MR) is 136 cm³/mol. The molecular weight excluding hydrogens is 420 g/mol. The second kappa shape index (κ2) is 7.31. The van der Waals surface area contributed by atoms with Gasteiger partial charge in [0.15, 0.2) is 0 Å². The van der Waals surface area contributed by atoms with Crippen LogP contribution >= 0.6 is 0 Å². The summed E-state index contributed by atoms with van der Waals surface area (Å²) in [7, 11) is 0. The average Bonchev–Trinajstić information content (AvgIpc) is 3.30. The van der Waals surface area contributed by atoms with E-state index in [1.807, 2.05) is 38.1 Å². The van der Waals surface area contributed by atoms with Crippen LogP contribution < -0.4 is 4.90 Å². The van der Waals surface area contributed by atoms with Crippen molar-refractivity contribution in [3.8, 4) is 0 Å². The molecule has 2 aliphatic carbocycles. The first-order valence-electron chi connectivity index (χ1n) is 12.7. The molecule has 0 spiro atoms. The summed E-state index contributed by atoms with van der Waals surface area (Å²) in [6.07, 6.45) is 3.26. The summed E-state index contributed by atoms with van der Waals surface area (Å²) >= 11 is 0. The van der Waals surface area contributed by atoms with Crippen molar-refractivity contribution in [3.05, 3.63) is 64.8 Å². The van der Waals surface area contributed by atoms with Crippen LogP contribution in [0.3, 0.4) is 0 Å². The summed E-state index contributed by atoms with van der Waals surface area (Å²) < 4.78 is 0. The number of carbonyl (C=O) groups excluding carboxylic acids is 2. The maximum absolute atomic E-state index is 14.1. The first-order chi connectivity index (χ1) is 16.2.